The largest absolute Gasteiger partial charge is 0.490 e. The monoisotopic (exact) mass is 353 g/mol. The van der Waals surface area contributed by atoms with E-state index in [0.29, 0.717) is 5.69 Å². The Morgan fingerprint density at radius 2 is 1.73 bits per heavy atom. The van der Waals surface area contributed by atoms with Crippen LogP contribution in [0.4, 0.5) is 5.82 Å². The lowest BCUT2D eigenvalue weighted by Gasteiger charge is -2.32. The van der Waals surface area contributed by atoms with Gasteiger partial charge in [-0.2, -0.15) is 0 Å². The first kappa shape index (κ1) is 16.8. The third kappa shape index (κ3) is 3.76. The predicted octanol–water partition coefficient (Wildman–Crippen LogP) is 2.16. The second kappa shape index (κ2) is 7.68. The van der Waals surface area contributed by atoms with Gasteiger partial charge in [-0.15, -0.1) is 0 Å². The van der Waals surface area contributed by atoms with Gasteiger partial charge in [-0.05, 0) is 25.0 Å². The Balaban J connectivity index is 1.37. The Bertz CT molecular complexity index is 741. The number of rotatable bonds is 4. The molecule has 2 aliphatic heterocycles. The van der Waals surface area contributed by atoms with E-state index in [9.17, 15) is 4.79 Å². The van der Waals surface area contributed by atoms with Gasteiger partial charge in [-0.3, -0.25) is 14.8 Å². The highest BCUT2D eigenvalue weighted by Gasteiger charge is 2.24. The van der Waals surface area contributed by atoms with Gasteiger partial charge in [0.15, 0.2) is 0 Å². The Kier molecular flexibility index (Phi) is 4.95. The number of hydrogen-bond donors (Lipinski definition) is 0. The summed E-state index contributed by atoms with van der Waals surface area (Å²) in [6.45, 7) is 3.32. The number of carbonyl (C=O) groups is 1. The quantitative estimate of drug-likeness (QED) is 0.839. The first-order valence-corrected chi connectivity index (χ1v) is 9.22. The second-order valence-electron chi connectivity index (χ2n) is 6.75. The van der Waals surface area contributed by atoms with Gasteiger partial charge in [0.1, 0.15) is 23.4 Å². The van der Waals surface area contributed by atoms with Crippen molar-refractivity contribution in [1.82, 2.24) is 19.9 Å². The molecule has 0 N–H and O–H groups in total. The molecule has 2 aromatic heterocycles. The van der Waals surface area contributed by atoms with Crippen LogP contribution >= 0.6 is 0 Å². The van der Waals surface area contributed by atoms with E-state index in [-0.39, 0.29) is 12.0 Å². The number of nitrogens with zero attached hydrogens (tertiary/aromatic N) is 5. The molecule has 4 rings (SSSR count). The number of pyridine rings is 1. The zero-order chi connectivity index (χ0) is 17.8. The number of ether oxygens (including phenoxy) is 1. The number of anilines is 1. The minimum Gasteiger partial charge on any atom is -0.490 e. The van der Waals surface area contributed by atoms with Crippen LogP contribution in [-0.4, -0.2) is 58.0 Å². The van der Waals surface area contributed by atoms with Gasteiger partial charge in [-0.1, -0.05) is 0 Å². The van der Waals surface area contributed by atoms with Gasteiger partial charge in [0, 0.05) is 51.4 Å². The van der Waals surface area contributed by atoms with Crippen molar-refractivity contribution in [2.45, 2.75) is 31.8 Å². The summed E-state index contributed by atoms with van der Waals surface area (Å²) in [6, 6.07) is 3.76. The van der Waals surface area contributed by atoms with Crippen LogP contribution in [0.15, 0.2) is 36.9 Å². The molecule has 0 spiro atoms. The zero-order valence-corrected chi connectivity index (χ0v) is 14.8. The molecule has 0 bridgehead atoms. The first-order valence-electron chi connectivity index (χ1n) is 9.22. The predicted molar refractivity (Wildman–Crippen MR) is 97.3 cm³/mol. The van der Waals surface area contributed by atoms with Crippen molar-refractivity contribution in [3.05, 3.63) is 42.6 Å². The van der Waals surface area contributed by atoms with Gasteiger partial charge in [0.05, 0.1) is 12.4 Å². The maximum absolute atomic E-state index is 12.5. The molecule has 0 unspecified atom stereocenters. The second-order valence-corrected chi connectivity index (χ2v) is 6.75. The average Bonchev–Trinajstić information content (AvgIpc) is 3.24. The fourth-order valence-electron chi connectivity index (χ4n) is 3.51. The Morgan fingerprint density at radius 3 is 2.46 bits per heavy atom. The van der Waals surface area contributed by atoms with Crippen molar-refractivity contribution in [1.29, 1.82) is 0 Å². The summed E-state index contributed by atoms with van der Waals surface area (Å²) < 4.78 is 6.01. The van der Waals surface area contributed by atoms with E-state index < -0.39 is 0 Å². The summed E-state index contributed by atoms with van der Waals surface area (Å²) in [4.78, 5) is 29.4. The molecule has 7 nitrogen and oxygen atoms in total. The van der Waals surface area contributed by atoms with E-state index in [4.69, 9.17) is 4.74 Å². The molecular formula is C19H23N5O2. The summed E-state index contributed by atoms with van der Waals surface area (Å²) in [5, 5.41) is 0. The highest BCUT2D eigenvalue weighted by Crippen LogP contribution is 2.22. The highest BCUT2D eigenvalue weighted by molar-refractivity contribution is 5.92. The summed E-state index contributed by atoms with van der Waals surface area (Å²) in [5.74, 6) is 1.63. The lowest BCUT2D eigenvalue weighted by atomic mass is 10.1. The maximum atomic E-state index is 12.5. The van der Waals surface area contributed by atoms with Crippen LogP contribution in [0, 0.1) is 0 Å². The van der Waals surface area contributed by atoms with E-state index in [0.717, 1.165) is 63.4 Å². The Labute approximate surface area is 153 Å². The van der Waals surface area contributed by atoms with Crippen LogP contribution in [0.25, 0.3) is 0 Å². The van der Waals surface area contributed by atoms with Gasteiger partial charge in [0.25, 0.3) is 5.91 Å². The van der Waals surface area contributed by atoms with Crippen molar-refractivity contribution >= 4 is 11.7 Å². The lowest BCUT2D eigenvalue weighted by molar-refractivity contribution is 0.0786. The minimum atomic E-state index is -0.00671. The molecule has 26 heavy (non-hydrogen) atoms. The molecule has 2 fully saturated rings. The van der Waals surface area contributed by atoms with Crippen molar-refractivity contribution in [2.24, 2.45) is 0 Å². The Hall–Kier alpha value is -2.70. The van der Waals surface area contributed by atoms with E-state index in [2.05, 4.69) is 19.9 Å². The van der Waals surface area contributed by atoms with Gasteiger partial charge >= 0.3 is 0 Å². The number of carbonyl (C=O) groups excluding carboxylic acids is 1. The molecule has 1 amide bonds. The Morgan fingerprint density at radius 1 is 1.00 bits per heavy atom. The molecule has 2 aliphatic rings. The van der Waals surface area contributed by atoms with Crippen LogP contribution in [0.2, 0.25) is 0 Å². The molecule has 0 aliphatic carbocycles. The molecule has 0 saturated carbocycles. The van der Waals surface area contributed by atoms with Crippen LogP contribution < -0.4 is 9.64 Å². The normalized spacial score (nSPS) is 18.2. The van der Waals surface area contributed by atoms with Crippen LogP contribution in [0.5, 0.6) is 5.75 Å². The SMILES string of the molecule is O=C(c1cncc(N2CCC(Oc3ccncc3)CC2)n1)N1CCCC1. The highest BCUT2D eigenvalue weighted by atomic mass is 16.5. The molecule has 2 aromatic rings. The third-order valence-corrected chi connectivity index (χ3v) is 4.95. The zero-order valence-electron chi connectivity index (χ0n) is 14.8. The number of aromatic nitrogens is 3. The van der Waals surface area contributed by atoms with Crippen molar-refractivity contribution in [3.8, 4) is 5.75 Å². The molecular weight excluding hydrogens is 330 g/mol. The minimum absolute atomic E-state index is 0.00671. The molecule has 2 saturated heterocycles. The van der Waals surface area contributed by atoms with Crippen molar-refractivity contribution in [3.63, 3.8) is 0 Å². The van der Waals surface area contributed by atoms with Gasteiger partial charge in [-0.25, -0.2) is 4.98 Å². The smallest absolute Gasteiger partial charge is 0.274 e. The maximum Gasteiger partial charge on any atom is 0.274 e. The average molecular weight is 353 g/mol. The fraction of sp³-hybridized carbons (Fsp3) is 0.474. The topological polar surface area (TPSA) is 71.5 Å². The van der Waals surface area contributed by atoms with E-state index >= 15 is 0 Å². The first-order chi connectivity index (χ1) is 12.8. The number of hydrogen-bond acceptors (Lipinski definition) is 6. The number of amides is 1. The lowest BCUT2D eigenvalue weighted by Crippen LogP contribution is -2.39. The molecule has 7 heteroatoms. The van der Waals surface area contributed by atoms with Crippen LogP contribution in [0.1, 0.15) is 36.2 Å². The van der Waals surface area contributed by atoms with Crippen LogP contribution in [-0.2, 0) is 0 Å². The third-order valence-electron chi connectivity index (χ3n) is 4.95. The van der Waals surface area contributed by atoms with Gasteiger partial charge < -0.3 is 14.5 Å². The van der Waals surface area contributed by atoms with Gasteiger partial charge in [0.2, 0.25) is 0 Å². The van der Waals surface area contributed by atoms with E-state index in [1.54, 1.807) is 24.8 Å². The summed E-state index contributed by atoms with van der Waals surface area (Å²) >= 11 is 0. The fourth-order valence-corrected chi connectivity index (χ4v) is 3.51. The molecule has 0 radical (unpaired) electrons. The summed E-state index contributed by atoms with van der Waals surface area (Å²) in [6.07, 6.45) is 11.0. The number of piperidine rings is 1. The van der Waals surface area contributed by atoms with Crippen molar-refractivity contribution in [2.75, 3.05) is 31.1 Å². The molecule has 0 aromatic carbocycles. The summed E-state index contributed by atoms with van der Waals surface area (Å²) in [5.41, 5.74) is 0.444. The standard InChI is InChI=1S/C19H23N5O2/c25-19(24-9-1-2-10-24)17-13-21-14-18(22-17)23-11-5-16(6-12-23)26-15-3-7-20-8-4-15/h3-4,7-8,13-14,16H,1-2,5-6,9-12H2. The molecule has 136 valence electrons. The van der Waals surface area contributed by atoms with E-state index in [1.807, 2.05) is 17.0 Å². The molecule has 4 heterocycles. The summed E-state index contributed by atoms with van der Waals surface area (Å²) in [7, 11) is 0. The van der Waals surface area contributed by atoms with Crippen LogP contribution in [0.3, 0.4) is 0 Å². The van der Waals surface area contributed by atoms with Crippen molar-refractivity contribution < 1.29 is 9.53 Å². The molecule has 0 atom stereocenters. The number of likely N-dealkylation sites (tertiary alicyclic amines) is 1. The van der Waals surface area contributed by atoms with E-state index in [1.165, 1.54) is 0 Å².